The molecule has 4 nitrogen and oxygen atoms in total. The number of carbonyl (C=O) groups is 1. The first-order valence-corrected chi connectivity index (χ1v) is 6.39. The first-order chi connectivity index (χ1) is 8.61. The Labute approximate surface area is 109 Å². The van der Waals surface area contributed by atoms with E-state index in [1.54, 1.807) is 0 Å². The molecule has 94 valence electrons. The van der Waals surface area contributed by atoms with Gasteiger partial charge in [0.15, 0.2) is 0 Å². The average Bonchev–Trinajstić information content (AvgIpc) is 2.70. The standard InChI is InChI=1S/C13H13NO3S/c1-8-4-3-5-9(6-8)14-12-11(13(16)17-2)10(15)7-18-12/h3-6,15H,7H2,1-2H3. The third-order valence-electron chi connectivity index (χ3n) is 2.47. The normalized spacial score (nSPS) is 17.3. The number of nitrogens with zero attached hydrogens (tertiary/aromatic N) is 1. The van der Waals surface area contributed by atoms with Crippen LogP contribution in [0.3, 0.4) is 0 Å². The zero-order chi connectivity index (χ0) is 13.1. The van der Waals surface area contributed by atoms with Gasteiger partial charge in [-0.1, -0.05) is 23.9 Å². The lowest BCUT2D eigenvalue weighted by molar-refractivity contribution is -0.135. The Morgan fingerprint density at radius 2 is 2.28 bits per heavy atom. The fourth-order valence-electron chi connectivity index (χ4n) is 1.61. The molecule has 1 aromatic carbocycles. The van der Waals surface area contributed by atoms with Crippen LogP contribution in [0.1, 0.15) is 5.56 Å². The second kappa shape index (κ2) is 5.27. The molecule has 1 aliphatic rings. The van der Waals surface area contributed by atoms with Crippen molar-refractivity contribution in [3.8, 4) is 0 Å². The van der Waals surface area contributed by atoms with Crippen LogP contribution in [-0.4, -0.2) is 29.0 Å². The molecule has 0 amide bonds. The number of benzene rings is 1. The second-order valence-electron chi connectivity index (χ2n) is 3.86. The van der Waals surface area contributed by atoms with E-state index in [0.717, 1.165) is 11.3 Å². The lowest BCUT2D eigenvalue weighted by Crippen LogP contribution is -2.10. The quantitative estimate of drug-likeness (QED) is 0.833. The predicted molar refractivity (Wildman–Crippen MR) is 72.4 cm³/mol. The van der Waals surface area contributed by atoms with E-state index in [9.17, 15) is 9.90 Å². The van der Waals surface area contributed by atoms with E-state index >= 15 is 0 Å². The highest BCUT2D eigenvalue weighted by atomic mass is 32.2. The van der Waals surface area contributed by atoms with E-state index in [0.29, 0.717) is 10.8 Å². The van der Waals surface area contributed by atoms with Gasteiger partial charge in [0.2, 0.25) is 0 Å². The van der Waals surface area contributed by atoms with Gasteiger partial charge in [-0.2, -0.15) is 0 Å². The van der Waals surface area contributed by atoms with E-state index in [1.165, 1.54) is 18.9 Å². The Bertz CT molecular complexity index is 549. The van der Waals surface area contributed by atoms with Crippen molar-refractivity contribution in [2.45, 2.75) is 6.92 Å². The summed E-state index contributed by atoms with van der Waals surface area (Å²) in [6.45, 7) is 1.97. The average molecular weight is 263 g/mol. The fourth-order valence-corrected chi connectivity index (χ4v) is 2.55. The van der Waals surface area contributed by atoms with Crippen LogP contribution in [0, 0.1) is 6.92 Å². The Kier molecular flexibility index (Phi) is 3.72. The summed E-state index contributed by atoms with van der Waals surface area (Å²) >= 11 is 1.33. The number of rotatable bonds is 2. The number of aliphatic hydroxyl groups excluding tert-OH is 1. The van der Waals surface area contributed by atoms with Gasteiger partial charge in [-0.15, -0.1) is 0 Å². The number of esters is 1. The van der Waals surface area contributed by atoms with Crippen LogP contribution in [0.2, 0.25) is 0 Å². The smallest absolute Gasteiger partial charge is 0.344 e. The number of hydrogen-bond donors (Lipinski definition) is 1. The molecule has 0 atom stereocenters. The molecular formula is C13H13NO3S. The molecule has 1 N–H and O–H groups in total. The fraction of sp³-hybridized carbons (Fsp3) is 0.231. The summed E-state index contributed by atoms with van der Waals surface area (Å²) in [5, 5.41) is 10.2. The summed E-state index contributed by atoms with van der Waals surface area (Å²) in [5.41, 5.74) is 2.02. The summed E-state index contributed by atoms with van der Waals surface area (Å²) < 4.78 is 4.65. The highest BCUT2D eigenvalue weighted by Crippen LogP contribution is 2.29. The first kappa shape index (κ1) is 12.7. The molecule has 2 rings (SSSR count). The van der Waals surface area contributed by atoms with E-state index in [1.807, 2.05) is 31.2 Å². The van der Waals surface area contributed by atoms with Gasteiger partial charge in [-0.3, -0.25) is 0 Å². The number of carbonyl (C=O) groups excluding carboxylic acids is 1. The van der Waals surface area contributed by atoms with Crippen LogP contribution in [0.5, 0.6) is 0 Å². The maximum Gasteiger partial charge on any atom is 0.344 e. The van der Waals surface area contributed by atoms with E-state index in [4.69, 9.17) is 0 Å². The van der Waals surface area contributed by atoms with Crippen LogP contribution in [0.4, 0.5) is 5.69 Å². The number of methoxy groups -OCH3 is 1. The van der Waals surface area contributed by atoms with Gasteiger partial charge in [0, 0.05) is 0 Å². The number of aryl methyl sites for hydroxylation is 1. The summed E-state index contributed by atoms with van der Waals surface area (Å²) in [5.74, 6) is -0.170. The molecule has 0 aromatic heterocycles. The summed E-state index contributed by atoms with van der Waals surface area (Å²) in [6, 6.07) is 7.64. The summed E-state index contributed by atoms with van der Waals surface area (Å²) in [4.78, 5) is 15.9. The summed E-state index contributed by atoms with van der Waals surface area (Å²) in [6.07, 6.45) is 0. The molecule has 0 fully saturated rings. The minimum Gasteiger partial charge on any atom is -0.510 e. The largest absolute Gasteiger partial charge is 0.510 e. The van der Waals surface area contributed by atoms with Crippen LogP contribution < -0.4 is 0 Å². The van der Waals surface area contributed by atoms with Crippen molar-refractivity contribution >= 4 is 28.5 Å². The lowest BCUT2D eigenvalue weighted by Gasteiger charge is -2.02. The lowest BCUT2D eigenvalue weighted by atomic mass is 10.2. The molecule has 0 unspecified atom stereocenters. The summed E-state index contributed by atoms with van der Waals surface area (Å²) in [7, 11) is 1.29. The number of ether oxygens (including phenoxy) is 1. The van der Waals surface area contributed by atoms with Crippen molar-refractivity contribution in [1.29, 1.82) is 0 Å². The minimum absolute atomic E-state index is 0.0262. The predicted octanol–water partition coefficient (Wildman–Crippen LogP) is 2.76. The molecule has 5 heteroatoms. The van der Waals surface area contributed by atoms with Crippen molar-refractivity contribution in [3.05, 3.63) is 41.2 Å². The number of thioether (sulfide) groups is 1. The molecular weight excluding hydrogens is 250 g/mol. The van der Waals surface area contributed by atoms with Crippen LogP contribution in [-0.2, 0) is 9.53 Å². The molecule has 0 saturated heterocycles. The Morgan fingerprint density at radius 1 is 1.50 bits per heavy atom. The third-order valence-corrected chi connectivity index (χ3v) is 3.46. The van der Waals surface area contributed by atoms with Gasteiger partial charge >= 0.3 is 5.97 Å². The van der Waals surface area contributed by atoms with Crippen molar-refractivity contribution in [2.24, 2.45) is 4.99 Å². The molecule has 18 heavy (non-hydrogen) atoms. The SMILES string of the molecule is COC(=O)C1=C(O)CSC1=Nc1cccc(C)c1. The van der Waals surface area contributed by atoms with Crippen LogP contribution >= 0.6 is 11.8 Å². The third kappa shape index (κ3) is 2.56. The maximum absolute atomic E-state index is 11.6. The molecule has 0 saturated carbocycles. The second-order valence-corrected chi connectivity index (χ2v) is 4.82. The Hall–Kier alpha value is -1.75. The van der Waals surface area contributed by atoms with Gasteiger partial charge < -0.3 is 9.84 Å². The van der Waals surface area contributed by atoms with E-state index < -0.39 is 5.97 Å². The molecule has 1 heterocycles. The zero-order valence-electron chi connectivity index (χ0n) is 10.1. The monoisotopic (exact) mass is 263 g/mol. The topological polar surface area (TPSA) is 58.9 Å². The van der Waals surface area contributed by atoms with Gasteiger partial charge in [-0.05, 0) is 24.6 Å². The maximum atomic E-state index is 11.6. The molecule has 0 radical (unpaired) electrons. The van der Waals surface area contributed by atoms with E-state index in [-0.39, 0.29) is 11.3 Å². The van der Waals surface area contributed by atoms with Gasteiger partial charge in [0.25, 0.3) is 0 Å². The Balaban J connectivity index is 2.37. The molecule has 0 aliphatic carbocycles. The first-order valence-electron chi connectivity index (χ1n) is 5.41. The van der Waals surface area contributed by atoms with Crippen molar-refractivity contribution in [1.82, 2.24) is 0 Å². The number of hydrogen-bond acceptors (Lipinski definition) is 5. The van der Waals surface area contributed by atoms with Crippen molar-refractivity contribution < 1.29 is 14.6 Å². The zero-order valence-corrected chi connectivity index (χ0v) is 11.0. The van der Waals surface area contributed by atoms with E-state index in [2.05, 4.69) is 9.73 Å². The minimum atomic E-state index is -0.552. The Morgan fingerprint density at radius 3 is 2.94 bits per heavy atom. The molecule has 0 spiro atoms. The van der Waals surface area contributed by atoms with Crippen LogP contribution in [0.15, 0.2) is 40.6 Å². The van der Waals surface area contributed by atoms with Crippen LogP contribution in [0.25, 0.3) is 0 Å². The van der Waals surface area contributed by atoms with Crippen molar-refractivity contribution in [3.63, 3.8) is 0 Å². The highest BCUT2D eigenvalue weighted by molar-refractivity contribution is 8.15. The van der Waals surface area contributed by atoms with Gasteiger partial charge in [0.1, 0.15) is 16.4 Å². The molecule has 1 aromatic rings. The highest BCUT2D eigenvalue weighted by Gasteiger charge is 2.28. The van der Waals surface area contributed by atoms with Gasteiger partial charge in [-0.25, -0.2) is 9.79 Å². The molecule has 1 aliphatic heterocycles. The van der Waals surface area contributed by atoms with Crippen molar-refractivity contribution in [2.75, 3.05) is 12.9 Å². The molecule has 0 bridgehead atoms. The number of aliphatic imine (C=N–C) groups is 1. The van der Waals surface area contributed by atoms with Gasteiger partial charge in [0.05, 0.1) is 18.6 Å². The number of aliphatic hydroxyl groups is 1.